The Labute approximate surface area is 93.7 Å². The molecule has 0 spiro atoms. The van der Waals surface area contributed by atoms with E-state index in [9.17, 15) is 13.2 Å². The molecular formula is C12H17F3N+. The third kappa shape index (κ3) is 3.85. The molecular weight excluding hydrogens is 215 g/mol. The van der Waals surface area contributed by atoms with Gasteiger partial charge in [0.1, 0.15) is 0 Å². The molecule has 0 heterocycles. The standard InChI is InChI=1S/C12H16F3N/c1-3-16-9(2)7-10-5-4-6-11(8-10)12(13,14)15/h4-6,8-9,16H,3,7H2,1-2H3/p+1. The van der Waals surface area contributed by atoms with E-state index in [1.165, 1.54) is 12.1 Å². The molecule has 0 saturated heterocycles. The van der Waals surface area contributed by atoms with Crippen molar-refractivity contribution in [1.29, 1.82) is 0 Å². The quantitative estimate of drug-likeness (QED) is 0.819. The summed E-state index contributed by atoms with van der Waals surface area (Å²) < 4.78 is 37.3. The van der Waals surface area contributed by atoms with Crippen molar-refractivity contribution in [2.45, 2.75) is 32.5 Å². The van der Waals surface area contributed by atoms with E-state index in [4.69, 9.17) is 0 Å². The minimum absolute atomic E-state index is 0.313. The smallest absolute Gasteiger partial charge is 0.344 e. The van der Waals surface area contributed by atoms with Crippen LogP contribution < -0.4 is 5.32 Å². The molecule has 2 N–H and O–H groups in total. The fourth-order valence-corrected chi connectivity index (χ4v) is 1.73. The fourth-order valence-electron chi connectivity index (χ4n) is 1.73. The van der Waals surface area contributed by atoms with Crippen molar-refractivity contribution in [3.8, 4) is 0 Å². The van der Waals surface area contributed by atoms with Gasteiger partial charge in [0.2, 0.25) is 0 Å². The first-order chi connectivity index (χ1) is 7.43. The summed E-state index contributed by atoms with van der Waals surface area (Å²) in [6, 6.07) is 5.87. The third-order valence-corrected chi connectivity index (χ3v) is 2.45. The van der Waals surface area contributed by atoms with E-state index in [-0.39, 0.29) is 0 Å². The van der Waals surface area contributed by atoms with E-state index >= 15 is 0 Å². The molecule has 0 aliphatic heterocycles. The summed E-state index contributed by atoms with van der Waals surface area (Å²) in [4.78, 5) is 0. The lowest BCUT2D eigenvalue weighted by Gasteiger charge is -2.11. The summed E-state index contributed by atoms with van der Waals surface area (Å²) in [5.74, 6) is 0. The highest BCUT2D eigenvalue weighted by Crippen LogP contribution is 2.29. The molecule has 0 aliphatic rings. The molecule has 0 amide bonds. The lowest BCUT2D eigenvalue weighted by atomic mass is 10.0. The molecule has 0 fully saturated rings. The number of alkyl halides is 3. The maximum Gasteiger partial charge on any atom is 0.416 e. The van der Waals surface area contributed by atoms with Crippen LogP contribution in [0.2, 0.25) is 0 Å². The van der Waals surface area contributed by atoms with Gasteiger partial charge in [-0.2, -0.15) is 13.2 Å². The Hall–Kier alpha value is -1.03. The van der Waals surface area contributed by atoms with Gasteiger partial charge >= 0.3 is 6.18 Å². The number of likely N-dealkylation sites (N-methyl/N-ethyl adjacent to an activating group) is 1. The van der Waals surface area contributed by atoms with E-state index in [1.54, 1.807) is 6.07 Å². The zero-order valence-electron chi connectivity index (χ0n) is 9.51. The van der Waals surface area contributed by atoms with Gasteiger partial charge in [-0.3, -0.25) is 0 Å². The Kier molecular flexibility index (Phi) is 4.35. The number of halogens is 3. The Morgan fingerprint density at radius 1 is 1.31 bits per heavy atom. The lowest BCUT2D eigenvalue weighted by Crippen LogP contribution is -2.89. The first-order valence-corrected chi connectivity index (χ1v) is 5.43. The Morgan fingerprint density at radius 2 is 2.00 bits per heavy atom. The predicted molar refractivity (Wildman–Crippen MR) is 57.1 cm³/mol. The first kappa shape index (κ1) is 13.0. The van der Waals surface area contributed by atoms with E-state index < -0.39 is 11.7 Å². The van der Waals surface area contributed by atoms with Crippen LogP contribution >= 0.6 is 0 Å². The van der Waals surface area contributed by atoms with Crippen molar-refractivity contribution in [2.24, 2.45) is 0 Å². The second-order valence-electron chi connectivity index (χ2n) is 4.02. The number of rotatable bonds is 4. The first-order valence-electron chi connectivity index (χ1n) is 5.43. The molecule has 1 rings (SSSR count). The summed E-state index contributed by atoms with van der Waals surface area (Å²) >= 11 is 0. The molecule has 1 unspecified atom stereocenters. The van der Waals surface area contributed by atoms with Gasteiger partial charge in [0.25, 0.3) is 0 Å². The highest BCUT2D eigenvalue weighted by Gasteiger charge is 2.30. The molecule has 0 saturated carbocycles. The van der Waals surface area contributed by atoms with E-state index in [1.807, 2.05) is 13.8 Å². The van der Waals surface area contributed by atoms with Gasteiger partial charge in [0, 0.05) is 6.42 Å². The van der Waals surface area contributed by atoms with E-state index in [2.05, 4.69) is 5.32 Å². The number of hydrogen-bond donors (Lipinski definition) is 1. The van der Waals surface area contributed by atoms with Crippen LogP contribution in [0, 0.1) is 0 Å². The number of quaternary nitrogens is 1. The molecule has 1 nitrogen and oxygen atoms in total. The summed E-state index contributed by atoms with van der Waals surface area (Å²) in [5.41, 5.74) is 0.181. The average molecular weight is 232 g/mol. The molecule has 0 radical (unpaired) electrons. The minimum Gasteiger partial charge on any atom is -0.344 e. The van der Waals surface area contributed by atoms with Gasteiger partial charge in [-0.15, -0.1) is 0 Å². The van der Waals surface area contributed by atoms with Crippen LogP contribution in [-0.4, -0.2) is 12.6 Å². The van der Waals surface area contributed by atoms with Crippen LogP contribution in [0.15, 0.2) is 24.3 Å². The largest absolute Gasteiger partial charge is 0.416 e. The number of nitrogens with two attached hydrogens (primary N) is 1. The van der Waals surface area contributed by atoms with Gasteiger partial charge in [-0.25, -0.2) is 0 Å². The topological polar surface area (TPSA) is 16.6 Å². The Balaban J connectivity index is 2.75. The van der Waals surface area contributed by atoms with Gasteiger partial charge in [-0.1, -0.05) is 18.2 Å². The highest BCUT2D eigenvalue weighted by atomic mass is 19.4. The monoisotopic (exact) mass is 232 g/mol. The van der Waals surface area contributed by atoms with Crippen LogP contribution in [0.4, 0.5) is 13.2 Å². The Bertz CT molecular complexity index is 333. The number of benzene rings is 1. The summed E-state index contributed by atoms with van der Waals surface area (Å²) in [6.07, 6.45) is -3.58. The van der Waals surface area contributed by atoms with Crippen LogP contribution in [0.5, 0.6) is 0 Å². The van der Waals surface area contributed by atoms with Crippen LogP contribution in [0.3, 0.4) is 0 Å². The van der Waals surface area contributed by atoms with Crippen molar-refractivity contribution in [3.63, 3.8) is 0 Å². The van der Waals surface area contributed by atoms with Crippen LogP contribution in [0.1, 0.15) is 25.0 Å². The molecule has 1 aromatic carbocycles. The molecule has 0 aliphatic carbocycles. The average Bonchev–Trinajstić information content (AvgIpc) is 2.17. The fraction of sp³-hybridized carbons (Fsp3) is 0.500. The van der Waals surface area contributed by atoms with Crippen molar-refractivity contribution < 1.29 is 18.5 Å². The van der Waals surface area contributed by atoms with Crippen molar-refractivity contribution in [1.82, 2.24) is 0 Å². The molecule has 0 aromatic heterocycles. The van der Waals surface area contributed by atoms with Crippen molar-refractivity contribution >= 4 is 0 Å². The summed E-state index contributed by atoms with van der Waals surface area (Å²) in [5, 5.41) is 2.11. The summed E-state index contributed by atoms with van der Waals surface area (Å²) in [6.45, 7) is 4.99. The molecule has 90 valence electrons. The molecule has 16 heavy (non-hydrogen) atoms. The summed E-state index contributed by atoms with van der Waals surface area (Å²) in [7, 11) is 0. The maximum absolute atomic E-state index is 12.4. The number of hydrogen-bond acceptors (Lipinski definition) is 0. The Morgan fingerprint density at radius 3 is 2.56 bits per heavy atom. The maximum atomic E-state index is 12.4. The van der Waals surface area contributed by atoms with Crippen LogP contribution in [0.25, 0.3) is 0 Å². The second-order valence-corrected chi connectivity index (χ2v) is 4.02. The molecule has 1 aromatic rings. The van der Waals surface area contributed by atoms with Gasteiger partial charge in [0.15, 0.2) is 0 Å². The second kappa shape index (κ2) is 5.34. The lowest BCUT2D eigenvalue weighted by molar-refractivity contribution is -0.682. The van der Waals surface area contributed by atoms with Gasteiger partial charge in [-0.05, 0) is 25.5 Å². The molecule has 4 heteroatoms. The third-order valence-electron chi connectivity index (χ3n) is 2.45. The highest BCUT2D eigenvalue weighted by molar-refractivity contribution is 5.25. The predicted octanol–water partition coefficient (Wildman–Crippen LogP) is 2.22. The zero-order chi connectivity index (χ0) is 12.2. The van der Waals surface area contributed by atoms with Crippen molar-refractivity contribution in [2.75, 3.05) is 6.54 Å². The minimum atomic E-state index is -4.24. The van der Waals surface area contributed by atoms with Crippen molar-refractivity contribution in [3.05, 3.63) is 35.4 Å². The SMILES string of the molecule is CC[NH2+]C(C)Cc1cccc(C(F)(F)F)c1. The van der Waals surface area contributed by atoms with Crippen LogP contribution in [-0.2, 0) is 12.6 Å². The van der Waals surface area contributed by atoms with E-state index in [0.717, 1.165) is 18.2 Å². The molecule has 1 atom stereocenters. The zero-order valence-corrected chi connectivity index (χ0v) is 9.51. The van der Waals surface area contributed by atoms with Gasteiger partial charge in [0.05, 0.1) is 18.2 Å². The molecule has 0 bridgehead atoms. The van der Waals surface area contributed by atoms with E-state index in [0.29, 0.717) is 12.5 Å². The van der Waals surface area contributed by atoms with Gasteiger partial charge < -0.3 is 5.32 Å². The normalized spacial score (nSPS) is 13.8.